The zero-order valence-corrected chi connectivity index (χ0v) is 14.1. The summed E-state index contributed by atoms with van der Waals surface area (Å²) in [6, 6.07) is 6.86. The standard InChI is InChI=1S/C14H18BrNO4S/c1-20-8-6-11(14(18)19)16-13(17)7-9-21-12-5-3-2-4-10(12)15/h2-5,11H,6-9H2,1H3,(H,16,17)(H,18,19). The van der Waals surface area contributed by atoms with Crippen LogP contribution in [0.3, 0.4) is 0 Å². The molecule has 0 fully saturated rings. The van der Waals surface area contributed by atoms with E-state index in [-0.39, 0.29) is 18.7 Å². The summed E-state index contributed by atoms with van der Waals surface area (Å²) in [6.07, 6.45) is 0.526. The van der Waals surface area contributed by atoms with Crippen LogP contribution in [0.25, 0.3) is 0 Å². The van der Waals surface area contributed by atoms with Gasteiger partial charge < -0.3 is 15.2 Å². The summed E-state index contributed by atoms with van der Waals surface area (Å²) < 4.78 is 5.82. The van der Waals surface area contributed by atoms with Gasteiger partial charge in [-0.05, 0) is 28.1 Å². The van der Waals surface area contributed by atoms with Crippen molar-refractivity contribution < 1.29 is 19.4 Å². The first kappa shape index (κ1) is 18.0. The number of thioether (sulfide) groups is 1. The highest BCUT2D eigenvalue weighted by atomic mass is 79.9. The van der Waals surface area contributed by atoms with Gasteiger partial charge in [0.25, 0.3) is 0 Å². The molecule has 1 aromatic rings. The van der Waals surface area contributed by atoms with E-state index in [0.717, 1.165) is 9.37 Å². The first-order valence-electron chi connectivity index (χ1n) is 6.43. The molecule has 0 aliphatic heterocycles. The van der Waals surface area contributed by atoms with Gasteiger partial charge in [0.15, 0.2) is 0 Å². The SMILES string of the molecule is COCCC(NC(=O)CCSc1ccccc1Br)C(=O)O. The quantitative estimate of drug-likeness (QED) is 0.648. The van der Waals surface area contributed by atoms with Gasteiger partial charge in [0.2, 0.25) is 5.91 Å². The number of aliphatic carboxylic acids is 1. The Morgan fingerprint density at radius 3 is 2.76 bits per heavy atom. The van der Waals surface area contributed by atoms with Crippen molar-refractivity contribution in [2.75, 3.05) is 19.5 Å². The van der Waals surface area contributed by atoms with Gasteiger partial charge in [-0.1, -0.05) is 12.1 Å². The number of hydrogen-bond acceptors (Lipinski definition) is 4. The number of amides is 1. The Labute approximate surface area is 136 Å². The van der Waals surface area contributed by atoms with E-state index in [2.05, 4.69) is 21.2 Å². The van der Waals surface area contributed by atoms with Crippen molar-refractivity contribution in [3.05, 3.63) is 28.7 Å². The van der Waals surface area contributed by atoms with Gasteiger partial charge in [-0.3, -0.25) is 4.79 Å². The number of nitrogens with one attached hydrogen (secondary N) is 1. The van der Waals surface area contributed by atoms with Crippen molar-refractivity contribution in [3.8, 4) is 0 Å². The van der Waals surface area contributed by atoms with Gasteiger partial charge >= 0.3 is 5.97 Å². The number of methoxy groups -OCH3 is 1. The number of hydrogen-bond donors (Lipinski definition) is 2. The normalized spacial score (nSPS) is 11.9. The molecule has 21 heavy (non-hydrogen) atoms. The Kier molecular flexibility index (Phi) is 8.41. The third kappa shape index (κ3) is 6.97. The molecule has 1 rings (SSSR count). The first-order chi connectivity index (χ1) is 10.0. The highest BCUT2D eigenvalue weighted by Gasteiger charge is 2.19. The van der Waals surface area contributed by atoms with Crippen LogP contribution < -0.4 is 5.32 Å². The lowest BCUT2D eigenvalue weighted by Crippen LogP contribution is -2.41. The van der Waals surface area contributed by atoms with Crippen molar-refractivity contribution in [1.29, 1.82) is 0 Å². The number of carbonyl (C=O) groups is 2. The minimum absolute atomic E-state index is 0.259. The molecule has 116 valence electrons. The van der Waals surface area contributed by atoms with Crippen LogP contribution in [0.2, 0.25) is 0 Å². The number of rotatable bonds is 9. The van der Waals surface area contributed by atoms with Crippen LogP contribution in [0.4, 0.5) is 0 Å². The minimum atomic E-state index is -1.04. The van der Waals surface area contributed by atoms with Crippen molar-refractivity contribution in [2.24, 2.45) is 0 Å². The maximum absolute atomic E-state index is 11.8. The number of ether oxygens (including phenoxy) is 1. The van der Waals surface area contributed by atoms with E-state index in [1.54, 1.807) is 11.8 Å². The van der Waals surface area contributed by atoms with E-state index in [9.17, 15) is 9.59 Å². The molecule has 2 N–H and O–H groups in total. The summed E-state index contributed by atoms with van der Waals surface area (Å²) in [5.74, 6) is -0.720. The molecule has 0 radical (unpaired) electrons. The van der Waals surface area contributed by atoms with E-state index in [0.29, 0.717) is 12.4 Å². The number of carbonyl (C=O) groups excluding carboxylic acids is 1. The fourth-order valence-corrected chi connectivity index (χ4v) is 3.09. The van der Waals surface area contributed by atoms with Crippen molar-refractivity contribution in [3.63, 3.8) is 0 Å². The molecular weight excluding hydrogens is 358 g/mol. The predicted molar refractivity (Wildman–Crippen MR) is 85.5 cm³/mol. The van der Waals surface area contributed by atoms with Gasteiger partial charge in [-0.15, -0.1) is 11.8 Å². The summed E-state index contributed by atoms with van der Waals surface area (Å²) in [5.41, 5.74) is 0. The second-order valence-electron chi connectivity index (χ2n) is 4.27. The van der Waals surface area contributed by atoms with Gasteiger partial charge in [-0.25, -0.2) is 4.79 Å². The molecule has 0 aliphatic carbocycles. The molecule has 1 amide bonds. The Balaban J connectivity index is 2.36. The monoisotopic (exact) mass is 375 g/mol. The van der Waals surface area contributed by atoms with E-state index in [1.165, 1.54) is 7.11 Å². The lowest BCUT2D eigenvalue weighted by Gasteiger charge is -2.14. The Morgan fingerprint density at radius 2 is 2.14 bits per heavy atom. The van der Waals surface area contributed by atoms with Gasteiger partial charge in [0.05, 0.1) is 0 Å². The van der Waals surface area contributed by atoms with Crippen LogP contribution in [0, 0.1) is 0 Å². The third-order valence-electron chi connectivity index (χ3n) is 2.67. The molecule has 0 saturated heterocycles. The number of halogens is 1. The summed E-state index contributed by atoms with van der Waals surface area (Å²) in [6.45, 7) is 0.295. The molecule has 1 unspecified atom stereocenters. The molecule has 7 heteroatoms. The maximum Gasteiger partial charge on any atom is 0.326 e. The number of benzene rings is 1. The van der Waals surface area contributed by atoms with Crippen LogP contribution >= 0.6 is 27.7 Å². The molecule has 0 spiro atoms. The zero-order chi connectivity index (χ0) is 15.7. The van der Waals surface area contributed by atoms with E-state index in [4.69, 9.17) is 9.84 Å². The summed E-state index contributed by atoms with van der Waals surface area (Å²) in [7, 11) is 1.50. The van der Waals surface area contributed by atoms with Crippen LogP contribution in [0.1, 0.15) is 12.8 Å². The molecule has 0 bridgehead atoms. The summed E-state index contributed by atoms with van der Waals surface area (Å²) in [5, 5.41) is 11.5. The Bertz CT molecular complexity index is 484. The Morgan fingerprint density at radius 1 is 1.43 bits per heavy atom. The fourth-order valence-electron chi connectivity index (χ4n) is 1.58. The molecule has 0 aromatic heterocycles. The van der Waals surface area contributed by atoms with Gasteiger partial charge in [0.1, 0.15) is 6.04 Å². The zero-order valence-electron chi connectivity index (χ0n) is 11.7. The van der Waals surface area contributed by atoms with Gasteiger partial charge in [-0.2, -0.15) is 0 Å². The molecular formula is C14H18BrNO4S. The molecule has 1 aromatic carbocycles. The minimum Gasteiger partial charge on any atom is -0.480 e. The van der Waals surface area contributed by atoms with E-state index < -0.39 is 12.0 Å². The van der Waals surface area contributed by atoms with Crippen molar-refractivity contribution in [2.45, 2.75) is 23.8 Å². The molecule has 0 heterocycles. The topological polar surface area (TPSA) is 75.6 Å². The molecule has 0 aliphatic rings. The highest BCUT2D eigenvalue weighted by molar-refractivity contribution is 9.10. The predicted octanol–water partition coefficient (Wildman–Crippen LogP) is 2.54. The van der Waals surface area contributed by atoms with Crippen LogP contribution in [0.15, 0.2) is 33.6 Å². The van der Waals surface area contributed by atoms with E-state index in [1.807, 2.05) is 24.3 Å². The molecule has 0 saturated carbocycles. The van der Waals surface area contributed by atoms with Crippen LogP contribution in [-0.4, -0.2) is 42.5 Å². The third-order valence-corrected chi connectivity index (χ3v) is 4.70. The van der Waals surface area contributed by atoms with Crippen molar-refractivity contribution in [1.82, 2.24) is 5.32 Å². The second kappa shape index (κ2) is 9.81. The second-order valence-corrected chi connectivity index (χ2v) is 6.26. The van der Waals surface area contributed by atoms with Crippen molar-refractivity contribution >= 4 is 39.6 Å². The van der Waals surface area contributed by atoms with Crippen LogP contribution in [-0.2, 0) is 14.3 Å². The van der Waals surface area contributed by atoms with Gasteiger partial charge in [0, 0.05) is 41.7 Å². The van der Waals surface area contributed by atoms with Crippen LogP contribution in [0.5, 0.6) is 0 Å². The summed E-state index contributed by atoms with van der Waals surface area (Å²) in [4.78, 5) is 23.8. The lowest BCUT2D eigenvalue weighted by molar-refractivity contribution is -0.142. The molecule has 5 nitrogen and oxygen atoms in total. The number of carboxylic acids is 1. The highest BCUT2D eigenvalue weighted by Crippen LogP contribution is 2.27. The maximum atomic E-state index is 11.8. The first-order valence-corrected chi connectivity index (χ1v) is 8.21. The Hall–Kier alpha value is -1.05. The lowest BCUT2D eigenvalue weighted by atomic mass is 10.2. The largest absolute Gasteiger partial charge is 0.480 e. The average molecular weight is 376 g/mol. The summed E-state index contributed by atoms with van der Waals surface area (Å²) >= 11 is 4.99. The number of carboxylic acid groups (broad SMARTS) is 1. The fraction of sp³-hybridized carbons (Fsp3) is 0.429. The molecule has 1 atom stereocenters. The smallest absolute Gasteiger partial charge is 0.326 e. The average Bonchev–Trinajstić information content (AvgIpc) is 2.45. The van der Waals surface area contributed by atoms with E-state index >= 15 is 0 Å².